The maximum absolute atomic E-state index is 11.2. The molecule has 1 unspecified atom stereocenters. The molecule has 1 atom stereocenters. The number of hydrogen-bond donors (Lipinski definition) is 1. The third-order valence-corrected chi connectivity index (χ3v) is 2.66. The molecule has 1 aliphatic heterocycles. The molecule has 90 valence electrons. The highest BCUT2D eigenvalue weighted by Gasteiger charge is 2.24. The predicted molar refractivity (Wildman–Crippen MR) is 58.1 cm³/mol. The number of carboxylic acid groups (broad SMARTS) is 1. The third kappa shape index (κ3) is 3.25. The van der Waals surface area contributed by atoms with Crippen LogP contribution in [-0.4, -0.2) is 41.8 Å². The van der Waals surface area contributed by atoms with E-state index in [0.29, 0.717) is 26.1 Å². The summed E-state index contributed by atoms with van der Waals surface area (Å²) in [7, 11) is 0. The van der Waals surface area contributed by atoms with Crippen molar-refractivity contribution in [3.8, 4) is 0 Å². The second-order valence-electron chi connectivity index (χ2n) is 3.85. The number of nitrogens with zero attached hydrogens (tertiary/aromatic N) is 1. The van der Waals surface area contributed by atoms with Crippen molar-refractivity contribution in [2.45, 2.75) is 20.3 Å². The Morgan fingerprint density at radius 1 is 1.62 bits per heavy atom. The lowest BCUT2D eigenvalue weighted by atomic mass is 9.93. The van der Waals surface area contributed by atoms with Gasteiger partial charge in [0.2, 0.25) is 0 Å². The van der Waals surface area contributed by atoms with Crippen LogP contribution in [0, 0.1) is 5.92 Å². The van der Waals surface area contributed by atoms with Gasteiger partial charge in [0, 0.05) is 19.2 Å². The van der Waals surface area contributed by atoms with Crippen molar-refractivity contribution < 1.29 is 19.4 Å². The Morgan fingerprint density at radius 3 is 2.81 bits per heavy atom. The third-order valence-electron chi connectivity index (χ3n) is 2.66. The number of piperidine rings is 1. The smallest absolute Gasteiger partial charge is 0.407 e. The van der Waals surface area contributed by atoms with E-state index in [-0.39, 0.29) is 11.9 Å². The van der Waals surface area contributed by atoms with E-state index in [2.05, 4.69) is 0 Å². The molecule has 0 aliphatic carbocycles. The van der Waals surface area contributed by atoms with E-state index in [1.165, 1.54) is 11.0 Å². The zero-order valence-corrected chi connectivity index (χ0v) is 9.60. The van der Waals surface area contributed by atoms with Gasteiger partial charge in [-0.15, -0.1) is 0 Å². The molecule has 0 spiro atoms. The zero-order chi connectivity index (χ0) is 12.1. The number of amides is 1. The van der Waals surface area contributed by atoms with Crippen molar-refractivity contribution in [1.82, 2.24) is 4.90 Å². The fourth-order valence-electron chi connectivity index (χ4n) is 1.77. The summed E-state index contributed by atoms with van der Waals surface area (Å²) in [4.78, 5) is 23.4. The molecule has 16 heavy (non-hydrogen) atoms. The molecule has 5 nitrogen and oxygen atoms in total. The highest BCUT2D eigenvalue weighted by atomic mass is 16.5. The quantitative estimate of drug-likeness (QED) is 0.573. The SMILES string of the molecule is CCOC(=O)C=C1CCN(C(=O)O)CC1C. The van der Waals surface area contributed by atoms with Gasteiger partial charge < -0.3 is 14.7 Å². The first-order valence-corrected chi connectivity index (χ1v) is 5.39. The standard InChI is InChI=1S/C11H17NO4/c1-3-16-10(13)6-9-4-5-12(11(14)15)7-8(9)2/h6,8H,3-5,7H2,1-2H3,(H,14,15). The summed E-state index contributed by atoms with van der Waals surface area (Å²) in [6.45, 7) is 4.93. The van der Waals surface area contributed by atoms with Crippen LogP contribution >= 0.6 is 0 Å². The summed E-state index contributed by atoms with van der Waals surface area (Å²) in [6, 6.07) is 0. The summed E-state index contributed by atoms with van der Waals surface area (Å²) in [5.41, 5.74) is 0.968. The van der Waals surface area contributed by atoms with Gasteiger partial charge in [-0.05, 0) is 19.3 Å². The zero-order valence-electron chi connectivity index (χ0n) is 9.60. The maximum atomic E-state index is 11.2. The van der Waals surface area contributed by atoms with Gasteiger partial charge in [0.05, 0.1) is 6.61 Å². The van der Waals surface area contributed by atoms with Crippen LogP contribution in [0.4, 0.5) is 4.79 Å². The Hall–Kier alpha value is -1.52. The number of esters is 1. The molecule has 1 rings (SSSR count). The lowest BCUT2D eigenvalue weighted by molar-refractivity contribution is -0.137. The normalized spacial score (nSPS) is 23.2. The Labute approximate surface area is 94.7 Å². The van der Waals surface area contributed by atoms with Crippen LogP contribution in [0.2, 0.25) is 0 Å². The van der Waals surface area contributed by atoms with Crippen LogP contribution in [0.5, 0.6) is 0 Å². The van der Waals surface area contributed by atoms with E-state index < -0.39 is 6.09 Å². The minimum atomic E-state index is -0.901. The summed E-state index contributed by atoms with van der Waals surface area (Å²) in [5.74, 6) is -0.262. The first-order valence-electron chi connectivity index (χ1n) is 5.39. The molecule has 1 fully saturated rings. The van der Waals surface area contributed by atoms with Crippen LogP contribution in [0.15, 0.2) is 11.6 Å². The van der Waals surface area contributed by atoms with Crippen LogP contribution < -0.4 is 0 Å². The van der Waals surface area contributed by atoms with Gasteiger partial charge in [-0.2, -0.15) is 0 Å². The Balaban J connectivity index is 2.59. The van der Waals surface area contributed by atoms with Crippen LogP contribution in [-0.2, 0) is 9.53 Å². The van der Waals surface area contributed by atoms with Gasteiger partial charge in [-0.1, -0.05) is 12.5 Å². The van der Waals surface area contributed by atoms with Crippen molar-refractivity contribution >= 4 is 12.1 Å². The Morgan fingerprint density at radius 2 is 2.31 bits per heavy atom. The fraction of sp³-hybridized carbons (Fsp3) is 0.636. The molecule has 5 heteroatoms. The largest absolute Gasteiger partial charge is 0.465 e. The van der Waals surface area contributed by atoms with E-state index in [1.807, 2.05) is 6.92 Å². The van der Waals surface area contributed by atoms with Crippen LogP contribution in [0.3, 0.4) is 0 Å². The van der Waals surface area contributed by atoms with Crippen LogP contribution in [0.1, 0.15) is 20.3 Å². The molecular formula is C11H17NO4. The van der Waals surface area contributed by atoms with E-state index in [0.717, 1.165) is 5.57 Å². The minimum absolute atomic E-state index is 0.0780. The van der Waals surface area contributed by atoms with Gasteiger partial charge >= 0.3 is 12.1 Å². The topological polar surface area (TPSA) is 66.8 Å². The second kappa shape index (κ2) is 5.53. The molecule has 0 aromatic rings. The van der Waals surface area contributed by atoms with Gasteiger partial charge in [-0.3, -0.25) is 0 Å². The first-order chi connectivity index (χ1) is 7.54. The molecule has 1 aliphatic rings. The summed E-state index contributed by atoms with van der Waals surface area (Å²) in [5, 5.41) is 8.82. The van der Waals surface area contributed by atoms with Gasteiger partial charge in [0.15, 0.2) is 0 Å². The van der Waals surface area contributed by atoms with E-state index >= 15 is 0 Å². The molecule has 0 aromatic heterocycles. The summed E-state index contributed by atoms with van der Waals surface area (Å²) in [6.07, 6.45) is 1.20. The first kappa shape index (κ1) is 12.5. The number of rotatable bonds is 2. The minimum Gasteiger partial charge on any atom is -0.465 e. The van der Waals surface area contributed by atoms with Crippen LogP contribution in [0.25, 0.3) is 0 Å². The van der Waals surface area contributed by atoms with Crippen molar-refractivity contribution in [2.75, 3.05) is 19.7 Å². The molecule has 1 N–H and O–H groups in total. The Kier molecular flexibility index (Phi) is 4.34. The number of likely N-dealkylation sites (tertiary alicyclic amines) is 1. The molecule has 1 heterocycles. The molecular weight excluding hydrogens is 210 g/mol. The monoisotopic (exact) mass is 227 g/mol. The van der Waals surface area contributed by atoms with Gasteiger partial charge in [0.1, 0.15) is 0 Å². The maximum Gasteiger partial charge on any atom is 0.407 e. The van der Waals surface area contributed by atoms with E-state index in [4.69, 9.17) is 9.84 Å². The molecule has 0 bridgehead atoms. The lowest BCUT2D eigenvalue weighted by Gasteiger charge is -2.30. The average molecular weight is 227 g/mol. The molecule has 0 radical (unpaired) electrons. The molecule has 0 saturated carbocycles. The number of carbonyl (C=O) groups excluding carboxylic acids is 1. The summed E-state index contributed by atoms with van der Waals surface area (Å²) >= 11 is 0. The molecule has 0 aromatic carbocycles. The molecule has 1 amide bonds. The van der Waals surface area contributed by atoms with E-state index in [1.54, 1.807) is 6.92 Å². The lowest BCUT2D eigenvalue weighted by Crippen LogP contribution is -2.39. The van der Waals surface area contributed by atoms with Crippen molar-refractivity contribution in [3.63, 3.8) is 0 Å². The van der Waals surface area contributed by atoms with Crippen molar-refractivity contribution in [2.24, 2.45) is 5.92 Å². The fourth-order valence-corrected chi connectivity index (χ4v) is 1.77. The highest BCUT2D eigenvalue weighted by Crippen LogP contribution is 2.22. The number of carbonyl (C=O) groups is 2. The second-order valence-corrected chi connectivity index (χ2v) is 3.85. The average Bonchev–Trinajstić information content (AvgIpc) is 2.21. The predicted octanol–water partition coefficient (Wildman–Crippen LogP) is 1.50. The highest BCUT2D eigenvalue weighted by molar-refractivity contribution is 5.83. The number of hydrogen-bond acceptors (Lipinski definition) is 3. The number of ether oxygens (including phenoxy) is 1. The van der Waals surface area contributed by atoms with Gasteiger partial charge in [-0.25, -0.2) is 9.59 Å². The van der Waals surface area contributed by atoms with Crippen molar-refractivity contribution in [3.05, 3.63) is 11.6 Å². The van der Waals surface area contributed by atoms with Crippen molar-refractivity contribution in [1.29, 1.82) is 0 Å². The summed E-state index contributed by atoms with van der Waals surface area (Å²) < 4.78 is 4.82. The van der Waals surface area contributed by atoms with E-state index in [9.17, 15) is 9.59 Å². The molecule has 1 saturated heterocycles. The Bertz CT molecular complexity index is 311. The van der Waals surface area contributed by atoms with Gasteiger partial charge in [0.25, 0.3) is 0 Å².